The fourth-order valence-electron chi connectivity index (χ4n) is 5.29. The first kappa shape index (κ1) is 19.3. The first-order chi connectivity index (χ1) is 14.5. The Labute approximate surface area is 176 Å². The summed E-state index contributed by atoms with van der Waals surface area (Å²) in [5, 5.41) is 7.36. The van der Waals surface area contributed by atoms with E-state index >= 15 is 0 Å². The van der Waals surface area contributed by atoms with Crippen LogP contribution in [0.25, 0.3) is 0 Å². The van der Waals surface area contributed by atoms with E-state index in [2.05, 4.69) is 22.8 Å². The van der Waals surface area contributed by atoms with Crippen molar-refractivity contribution < 1.29 is 14.0 Å². The number of furan rings is 1. The molecule has 158 valence electrons. The van der Waals surface area contributed by atoms with Crippen molar-refractivity contribution >= 4 is 23.2 Å². The SMILES string of the molecule is CC(=O)N1c2ccc(C3CCC4NCCC4N3)cc2N(C(=O)c2ccco2)C[C@@H]1C. The molecule has 7 heteroatoms. The third-order valence-corrected chi connectivity index (χ3v) is 6.69. The highest BCUT2D eigenvalue weighted by molar-refractivity contribution is 6.09. The number of piperidine rings is 1. The molecule has 2 aromatic rings. The first-order valence-electron chi connectivity index (χ1n) is 10.8. The number of hydrogen-bond acceptors (Lipinski definition) is 5. The van der Waals surface area contributed by atoms with Gasteiger partial charge < -0.3 is 24.9 Å². The van der Waals surface area contributed by atoms with Crippen LogP contribution in [0.1, 0.15) is 55.3 Å². The summed E-state index contributed by atoms with van der Waals surface area (Å²) >= 11 is 0. The summed E-state index contributed by atoms with van der Waals surface area (Å²) in [6.07, 6.45) is 4.85. The molecule has 0 bridgehead atoms. The fourth-order valence-corrected chi connectivity index (χ4v) is 5.29. The molecule has 30 heavy (non-hydrogen) atoms. The number of carbonyl (C=O) groups excluding carboxylic acids is 2. The Morgan fingerprint density at radius 3 is 2.73 bits per heavy atom. The standard InChI is InChI=1S/C23H28N4O3/c1-14-13-26(23(29)22-4-3-11-30-22)21-12-16(5-8-20(21)27(14)15(2)28)17-6-7-18-19(25-17)9-10-24-18/h3-5,8,11-12,14,17-19,24-25H,6-7,9-10,13H2,1-2H3/t14-,17?,18?,19?/m0/s1. The summed E-state index contributed by atoms with van der Waals surface area (Å²) < 4.78 is 5.38. The third kappa shape index (κ3) is 3.22. The van der Waals surface area contributed by atoms with E-state index < -0.39 is 0 Å². The Bertz CT molecular complexity index is 957. The Hall–Kier alpha value is -2.64. The molecule has 1 aromatic carbocycles. The molecule has 0 aliphatic carbocycles. The van der Waals surface area contributed by atoms with Gasteiger partial charge in [-0.05, 0) is 62.6 Å². The van der Waals surface area contributed by atoms with Gasteiger partial charge in [-0.25, -0.2) is 0 Å². The number of anilines is 2. The number of benzene rings is 1. The third-order valence-electron chi connectivity index (χ3n) is 6.69. The van der Waals surface area contributed by atoms with Gasteiger partial charge in [-0.1, -0.05) is 6.07 Å². The molecule has 7 nitrogen and oxygen atoms in total. The van der Waals surface area contributed by atoms with Gasteiger partial charge in [-0.2, -0.15) is 0 Å². The second-order valence-electron chi connectivity index (χ2n) is 8.63. The van der Waals surface area contributed by atoms with Crippen LogP contribution in [-0.2, 0) is 4.79 Å². The Balaban J connectivity index is 1.52. The lowest BCUT2D eigenvalue weighted by Crippen LogP contribution is -2.51. The molecule has 3 unspecified atom stereocenters. The molecule has 2 amide bonds. The zero-order valence-electron chi connectivity index (χ0n) is 17.4. The van der Waals surface area contributed by atoms with E-state index in [0.29, 0.717) is 24.4 Å². The average Bonchev–Trinajstić information content (AvgIpc) is 3.43. The van der Waals surface area contributed by atoms with Gasteiger partial charge in [0, 0.05) is 31.6 Å². The van der Waals surface area contributed by atoms with Crippen LogP contribution in [0.3, 0.4) is 0 Å². The van der Waals surface area contributed by atoms with Crippen LogP contribution < -0.4 is 20.4 Å². The highest BCUT2D eigenvalue weighted by Crippen LogP contribution is 2.40. The van der Waals surface area contributed by atoms with E-state index in [1.807, 2.05) is 13.0 Å². The summed E-state index contributed by atoms with van der Waals surface area (Å²) in [4.78, 5) is 29.1. The Morgan fingerprint density at radius 1 is 1.10 bits per heavy atom. The van der Waals surface area contributed by atoms with Crippen LogP contribution in [0.4, 0.5) is 11.4 Å². The number of nitrogens with zero attached hydrogens (tertiary/aromatic N) is 2. The molecule has 0 saturated carbocycles. The number of hydrogen-bond donors (Lipinski definition) is 2. The maximum Gasteiger partial charge on any atom is 0.294 e. The Kier molecular flexibility index (Phi) is 4.87. The summed E-state index contributed by atoms with van der Waals surface area (Å²) in [7, 11) is 0. The van der Waals surface area contributed by atoms with Gasteiger partial charge in [-0.3, -0.25) is 9.59 Å². The van der Waals surface area contributed by atoms with Crippen molar-refractivity contribution in [3.05, 3.63) is 47.9 Å². The predicted octanol–water partition coefficient (Wildman–Crippen LogP) is 2.84. The Morgan fingerprint density at radius 2 is 1.97 bits per heavy atom. The van der Waals surface area contributed by atoms with E-state index in [4.69, 9.17) is 4.42 Å². The number of amides is 2. The van der Waals surface area contributed by atoms with Crippen LogP contribution >= 0.6 is 0 Å². The van der Waals surface area contributed by atoms with Crippen LogP contribution in [0.5, 0.6) is 0 Å². The molecule has 3 aliphatic heterocycles. The van der Waals surface area contributed by atoms with Gasteiger partial charge in [-0.15, -0.1) is 0 Å². The van der Waals surface area contributed by atoms with Crippen LogP contribution in [0.15, 0.2) is 41.0 Å². The van der Waals surface area contributed by atoms with Crippen molar-refractivity contribution in [3.63, 3.8) is 0 Å². The van der Waals surface area contributed by atoms with Gasteiger partial charge in [0.15, 0.2) is 5.76 Å². The van der Waals surface area contributed by atoms with Gasteiger partial charge >= 0.3 is 0 Å². The highest BCUT2D eigenvalue weighted by atomic mass is 16.3. The topological polar surface area (TPSA) is 77.8 Å². The fraction of sp³-hybridized carbons (Fsp3) is 0.478. The van der Waals surface area contributed by atoms with Gasteiger partial charge in [0.2, 0.25) is 5.91 Å². The minimum atomic E-state index is -0.176. The van der Waals surface area contributed by atoms with Crippen molar-refractivity contribution in [1.82, 2.24) is 10.6 Å². The molecule has 0 radical (unpaired) electrons. The van der Waals surface area contributed by atoms with E-state index in [1.165, 1.54) is 6.26 Å². The van der Waals surface area contributed by atoms with Crippen LogP contribution in [-0.4, -0.2) is 43.0 Å². The zero-order valence-corrected chi connectivity index (χ0v) is 17.4. The first-order valence-corrected chi connectivity index (χ1v) is 10.8. The summed E-state index contributed by atoms with van der Waals surface area (Å²) in [5.74, 6) is 0.118. The lowest BCUT2D eigenvalue weighted by atomic mass is 9.90. The van der Waals surface area contributed by atoms with Crippen molar-refractivity contribution in [3.8, 4) is 0 Å². The maximum absolute atomic E-state index is 13.2. The lowest BCUT2D eigenvalue weighted by Gasteiger charge is -2.41. The van der Waals surface area contributed by atoms with Crippen molar-refractivity contribution in [1.29, 1.82) is 0 Å². The molecular weight excluding hydrogens is 380 g/mol. The molecule has 2 N–H and O–H groups in total. The van der Waals surface area contributed by atoms with Gasteiger partial charge in [0.1, 0.15) is 0 Å². The van der Waals surface area contributed by atoms with E-state index in [-0.39, 0.29) is 23.9 Å². The largest absolute Gasteiger partial charge is 0.459 e. The zero-order chi connectivity index (χ0) is 20.8. The quantitative estimate of drug-likeness (QED) is 0.799. The summed E-state index contributed by atoms with van der Waals surface area (Å²) in [6.45, 7) is 5.04. The maximum atomic E-state index is 13.2. The average molecular weight is 409 g/mol. The van der Waals surface area contributed by atoms with Gasteiger partial charge in [0.05, 0.1) is 23.7 Å². The molecule has 1 aromatic heterocycles. The predicted molar refractivity (Wildman–Crippen MR) is 115 cm³/mol. The van der Waals surface area contributed by atoms with E-state index in [1.54, 1.807) is 28.9 Å². The highest BCUT2D eigenvalue weighted by Gasteiger charge is 2.37. The molecule has 3 aliphatic rings. The molecule has 4 atom stereocenters. The van der Waals surface area contributed by atoms with Gasteiger partial charge in [0.25, 0.3) is 5.91 Å². The molecule has 2 saturated heterocycles. The van der Waals surface area contributed by atoms with Crippen molar-refractivity contribution in [2.75, 3.05) is 22.9 Å². The van der Waals surface area contributed by atoms with E-state index in [0.717, 1.165) is 42.7 Å². The number of carbonyl (C=O) groups is 2. The summed E-state index contributed by atoms with van der Waals surface area (Å²) in [5.41, 5.74) is 2.71. The van der Waals surface area contributed by atoms with Crippen LogP contribution in [0.2, 0.25) is 0 Å². The van der Waals surface area contributed by atoms with Crippen LogP contribution in [0, 0.1) is 0 Å². The molecule has 2 fully saturated rings. The molecule has 5 rings (SSSR count). The monoisotopic (exact) mass is 408 g/mol. The molecule has 0 spiro atoms. The number of nitrogens with one attached hydrogen (secondary N) is 2. The number of rotatable bonds is 2. The molecule has 4 heterocycles. The van der Waals surface area contributed by atoms with Crippen molar-refractivity contribution in [2.24, 2.45) is 0 Å². The van der Waals surface area contributed by atoms with Crippen molar-refractivity contribution in [2.45, 2.75) is 57.3 Å². The second-order valence-corrected chi connectivity index (χ2v) is 8.63. The second kappa shape index (κ2) is 7.56. The smallest absolute Gasteiger partial charge is 0.294 e. The van der Waals surface area contributed by atoms with E-state index in [9.17, 15) is 9.59 Å². The normalized spacial score (nSPS) is 28.2. The lowest BCUT2D eigenvalue weighted by molar-refractivity contribution is -0.117. The summed E-state index contributed by atoms with van der Waals surface area (Å²) in [6, 6.07) is 10.8. The minimum absolute atomic E-state index is 0.0164. The minimum Gasteiger partial charge on any atom is -0.459 e. The molecular formula is C23H28N4O3. The number of fused-ring (bicyclic) bond motifs is 2.